The zero-order valence-electron chi connectivity index (χ0n) is 60.9. The molecule has 0 unspecified atom stereocenters. The van der Waals surface area contributed by atoms with Crippen LogP contribution in [-0.4, -0.2) is 39.0 Å². The second-order valence-electron chi connectivity index (χ2n) is 28.7. The lowest BCUT2D eigenvalue weighted by atomic mass is 9.99. The van der Waals surface area contributed by atoms with E-state index in [9.17, 15) is 0 Å². The Balaban J connectivity index is 0.000000135. The molecular weight excluding hydrogens is 1400 g/mol. The van der Waals surface area contributed by atoms with E-state index in [-0.39, 0.29) is 0 Å². The molecule has 0 radical (unpaired) electrons. The van der Waals surface area contributed by atoms with Crippen LogP contribution in [0.25, 0.3) is 233 Å². The zero-order chi connectivity index (χ0) is 74.9. The van der Waals surface area contributed by atoms with Crippen LogP contribution in [0, 0.1) is 0 Å². The summed E-state index contributed by atoms with van der Waals surface area (Å²) in [6.07, 6.45) is 0. The van der Waals surface area contributed by atoms with Crippen LogP contribution in [0.2, 0.25) is 0 Å². The molecule has 0 fully saturated rings. The molecule has 0 aliphatic carbocycles. The summed E-state index contributed by atoms with van der Waals surface area (Å²) in [5.74, 6) is 3.53. The number of benzene rings is 16. The molecule has 24 aromatic rings. The van der Waals surface area contributed by atoms with Gasteiger partial charge in [0, 0.05) is 109 Å². The predicted octanol–water partition coefficient (Wildman–Crippen LogP) is 26.9. The SMILES string of the molecule is c1ccc(-c2nc(-c3ccc(-n4c5ccccc5c5c6c(ccc54)oc4ccccc46)cc3)nc(-c3ccc4c(c3)oc3cccc(-c5ccccc5)c34)n2)cc1.c1ccc(-c2nc(-c3cccc(-n4c5ccccc5c5c6c(ccc54)oc4ccccc46)c3)nc(-c3ccc4c(c3)oc3cccc(-c5ccccc5)c34)n2)cc1. The van der Waals surface area contributed by atoms with E-state index >= 15 is 0 Å². The van der Waals surface area contributed by atoms with E-state index in [0.29, 0.717) is 34.9 Å². The summed E-state index contributed by atoms with van der Waals surface area (Å²) in [5.41, 5.74) is 23.2. The molecule has 0 aliphatic heterocycles. The third-order valence-corrected chi connectivity index (χ3v) is 22.1. The normalized spacial score (nSPS) is 11.9. The standard InChI is InChI=1S/2C51H30N4O2/c1-3-13-31(14-4-1)36-21-12-24-43-46(36)39-26-25-34(30-45(39)57-43)51-53-49(32-15-5-2-6-16-32)52-50(54-51)33-17-11-18-35(29-33)55-40-22-9-7-19-37(40)47-41(55)27-28-44-48(47)38-20-8-10-23-42(38)56-44;1-3-12-31(13-4-1)36-18-11-21-43-46(36)39-27-24-34(30-45(39)57-43)51-53-49(32-14-5-2-6-15-32)52-50(54-51)33-22-25-35(26-23-33)55-40-19-9-7-16-37(40)47-41(55)28-29-44-48(47)38-17-8-10-20-42(38)56-44/h2*1-30H. The highest BCUT2D eigenvalue weighted by atomic mass is 16.3. The van der Waals surface area contributed by atoms with Crippen molar-refractivity contribution in [1.82, 2.24) is 39.0 Å². The molecule has 8 aromatic heterocycles. The minimum absolute atomic E-state index is 0.570. The minimum atomic E-state index is 0.570. The molecule has 12 heteroatoms. The van der Waals surface area contributed by atoms with E-state index in [0.717, 1.165) is 177 Å². The fourth-order valence-corrected chi connectivity index (χ4v) is 17.0. The lowest BCUT2D eigenvalue weighted by molar-refractivity contribution is 0.668. The van der Waals surface area contributed by atoms with Gasteiger partial charge in [0.2, 0.25) is 0 Å². The Labute approximate surface area is 650 Å². The average Bonchev–Trinajstić information content (AvgIpc) is 1.56. The number of furan rings is 4. The van der Waals surface area contributed by atoms with Gasteiger partial charge in [0.15, 0.2) is 34.9 Å². The maximum Gasteiger partial charge on any atom is 0.164 e. The highest BCUT2D eigenvalue weighted by Gasteiger charge is 2.25. The summed E-state index contributed by atoms with van der Waals surface area (Å²) in [4.78, 5) is 30.4. The Morgan fingerprint density at radius 2 is 0.482 bits per heavy atom. The Morgan fingerprint density at radius 1 is 0.167 bits per heavy atom. The van der Waals surface area contributed by atoms with Gasteiger partial charge < -0.3 is 26.8 Å². The molecule has 16 aromatic carbocycles. The number of hydrogen-bond acceptors (Lipinski definition) is 10. The van der Waals surface area contributed by atoms with Crippen molar-refractivity contribution < 1.29 is 17.7 Å². The van der Waals surface area contributed by atoms with Gasteiger partial charge in [-0.3, -0.25) is 0 Å². The minimum Gasteiger partial charge on any atom is -0.456 e. The van der Waals surface area contributed by atoms with Crippen molar-refractivity contribution in [2.75, 3.05) is 0 Å². The van der Waals surface area contributed by atoms with Gasteiger partial charge in [-0.1, -0.05) is 243 Å². The summed E-state index contributed by atoms with van der Waals surface area (Å²) in [7, 11) is 0. The summed E-state index contributed by atoms with van der Waals surface area (Å²) >= 11 is 0. The van der Waals surface area contributed by atoms with E-state index in [2.05, 4.69) is 240 Å². The molecule has 0 atom stereocenters. The molecule has 0 amide bonds. The molecule has 0 saturated carbocycles. The van der Waals surface area contributed by atoms with E-state index in [1.807, 2.05) is 133 Å². The van der Waals surface area contributed by atoms with Crippen LogP contribution in [0.15, 0.2) is 382 Å². The van der Waals surface area contributed by atoms with Gasteiger partial charge in [-0.2, -0.15) is 0 Å². The third-order valence-electron chi connectivity index (χ3n) is 22.1. The van der Waals surface area contributed by atoms with Gasteiger partial charge in [0.05, 0.1) is 22.1 Å². The Kier molecular flexibility index (Phi) is 14.7. The first-order valence-corrected chi connectivity index (χ1v) is 38.0. The number of para-hydroxylation sites is 4. The number of hydrogen-bond donors (Lipinski definition) is 0. The van der Waals surface area contributed by atoms with Crippen molar-refractivity contribution in [2.45, 2.75) is 0 Å². The van der Waals surface area contributed by atoms with Crippen LogP contribution in [0.1, 0.15) is 0 Å². The van der Waals surface area contributed by atoms with E-state index < -0.39 is 0 Å². The maximum absolute atomic E-state index is 6.50. The molecule has 114 heavy (non-hydrogen) atoms. The number of fused-ring (bicyclic) bond motifs is 20. The molecule has 8 heterocycles. The molecule has 0 N–H and O–H groups in total. The molecule has 0 saturated heterocycles. The first-order chi connectivity index (χ1) is 56.5. The topological polar surface area (TPSA) is 140 Å². The highest BCUT2D eigenvalue weighted by molar-refractivity contribution is 6.29. The van der Waals surface area contributed by atoms with Gasteiger partial charge >= 0.3 is 0 Å². The van der Waals surface area contributed by atoms with Gasteiger partial charge in [0.25, 0.3) is 0 Å². The van der Waals surface area contributed by atoms with Gasteiger partial charge in [-0.25, -0.2) is 29.9 Å². The summed E-state index contributed by atoms with van der Waals surface area (Å²) in [6.45, 7) is 0. The number of rotatable bonds is 10. The molecule has 532 valence electrons. The van der Waals surface area contributed by atoms with Gasteiger partial charge in [-0.05, 0) is 144 Å². The first-order valence-electron chi connectivity index (χ1n) is 38.0. The monoisotopic (exact) mass is 1460 g/mol. The Hall–Kier alpha value is -15.7. The molecule has 0 aliphatic rings. The second-order valence-corrected chi connectivity index (χ2v) is 28.7. The average molecular weight is 1460 g/mol. The van der Waals surface area contributed by atoms with Crippen molar-refractivity contribution in [2.24, 2.45) is 0 Å². The van der Waals surface area contributed by atoms with Gasteiger partial charge in [0.1, 0.15) is 44.7 Å². The van der Waals surface area contributed by atoms with Crippen molar-refractivity contribution in [3.63, 3.8) is 0 Å². The van der Waals surface area contributed by atoms with Crippen molar-refractivity contribution >= 4 is 131 Å². The zero-order valence-corrected chi connectivity index (χ0v) is 60.9. The molecular formula is C102H60N8O4. The second kappa shape index (κ2) is 26.0. The fraction of sp³-hybridized carbons (Fsp3) is 0. The van der Waals surface area contributed by atoms with Crippen molar-refractivity contribution in [3.05, 3.63) is 364 Å². The smallest absolute Gasteiger partial charge is 0.164 e. The maximum atomic E-state index is 6.50. The van der Waals surface area contributed by atoms with E-state index in [1.54, 1.807) is 0 Å². The Bertz CT molecular complexity index is 7980. The van der Waals surface area contributed by atoms with Crippen LogP contribution < -0.4 is 0 Å². The first kappa shape index (κ1) is 64.3. The van der Waals surface area contributed by atoms with Crippen LogP contribution in [0.3, 0.4) is 0 Å². The van der Waals surface area contributed by atoms with Crippen LogP contribution in [0.4, 0.5) is 0 Å². The highest BCUT2D eigenvalue weighted by Crippen LogP contribution is 2.46. The summed E-state index contributed by atoms with van der Waals surface area (Å²) in [5, 5.41) is 13.5. The van der Waals surface area contributed by atoms with Crippen LogP contribution in [0.5, 0.6) is 0 Å². The largest absolute Gasteiger partial charge is 0.456 e. The Morgan fingerprint density at radius 3 is 0.939 bits per heavy atom. The molecule has 12 nitrogen and oxygen atoms in total. The quantitative estimate of drug-likeness (QED) is 0.130. The molecule has 0 bridgehead atoms. The number of nitrogens with zero attached hydrogens (tertiary/aromatic N) is 8. The lowest BCUT2D eigenvalue weighted by Gasteiger charge is -2.11. The summed E-state index contributed by atoms with van der Waals surface area (Å²) in [6, 6.07) is 125. The predicted molar refractivity (Wildman–Crippen MR) is 461 cm³/mol. The molecule has 24 rings (SSSR count). The summed E-state index contributed by atoms with van der Waals surface area (Å²) < 4.78 is 30.3. The molecule has 0 spiro atoms. The van der Waals surface area contributed by atoms with Crippen molar-refractivity contribution in [3.8, 4) is 102 Å². The van der Waals surface area contributed by atoms with E-state index in [1.165, 1.54) is 21.5 Å². The van der Waals surface area contributed by atoms with Gasteiger partial charge in [-0.15, -0.1) is 0 Å². The lowest BCUT2D eigenvalue weighted by Crippen LogP contribution is -2.01. The fourth-order valence-electron chi connectivity index (χ4n) is 17.0. The van der Waals surface area contributed by atoms with Crippen LogP contribution >= 0.6 is 0 Å². The van der Waals surface area contributed by atoms with Crippen LogP contribution in [-0.2, 0) is 0 Å². The van der Waals surface area contributed by atoms with Crippen molar-refractivity contribution in [1.29, 1.82) is 0 Å². The number of aromatic nitrogens is 8. The van der Waals surface area contributed by atoms with E-state index in [4.69, 9.17) is 47.6 Å². The third kappa shape index (κ3) is 10.5.